The van der Waals surface area contributed by atoms with Gasteiger partial charge in [-0.3, -0.25) is 4.79 Å². The molecule has 0 saturated carbocycles. The van der Waals surface area contributed by atoms with Gasteiger partial charge in [0.05, 0.1) is 12.4 Å². The van der Waals surface area contributed by atoms with Crippen LogP contribution in [0.3, 0.4) is 0 Å². The molecule has 0 bridgehead atoms. The second kappa shape index (κ2) is 11.5. The number of aryl methyl sites for hydroxylation is 1. The van der Waals surface area contributed by atoms with Crippen molar-refractivity contribution in [1.82, 2.24) is 0 Å². The van der Waals surface area contributed by atoms with Crippen molar-refractivity contribution in [2.24, 2.45) is 0 Å². The van der Waals surface area contributed by atoms with Crippen LogP contribution in [0.5, 0.6) is 17.2 Å². The molecule has 0 aromatic heterocycles. The number of ether oxygens (including phenoxy) is 3. The Morgan fingerprint density at radius 3 is 2.37 bits per heavy atom. The van der Waals surface area contributed by atoms with Crippen LogP contribution >= 0.6 is 0 Å². The monoisotopic (exact) mass is 538 g/mol. The molecule has 202 valence electrons. The van der Waals surface area contributed by atoms with Crippen molar-refractivity contribution < 1.29 is 32.5 Å². The maximum absolute atomic E-state index is 11.4. The number of carboxylic acids is 1. The van der Waals surface area contributed by atoms with E-state index in [0.717, 1.165) is 39.3 Å². The minimum Gasteiger partial charge on any atom is -0.494 e. The van der Waals surface area contributed by atoms with Gasteiger partial charge in [0.2, 0.25) is 0 Å². The number of fused-ring (bicyclic) bond motifs is 3. The summed E-state index contributed by atoms with van der Waals surface area (Å²) in [6.45, 7) is 4.83. The summed E-state index contributed by atoms with van der Waals surface area (Å²) < 4.78 is 41.0. The first-order valence-corrected chi connectivity index (χ1v) is 14.7. The summed E-state index contributed by atoms with van der Waals surface area (Å²) in [6.07, 6.45) is 2.96. The van der Waals surface area contributed by atoms with Gasteiger partial charge in [-0.05, 0) is 85.3 Å². The quantitative estimate of drug-likeness (QED) is 0.323. The van der Waals surface area contributed by atoms with E-state index in [2.05, 4.69) is 19.9 Å². The lowest BCUT2D eigenvalue weighted by molar-refractivity contribution is -0.136. The second-order valence-electron chi connectivity index (χ2n) is 10.3. The zero-order valence-corrected chi connectivity index (χ0v) is 22.8. The Bertz CT molecular complexity index is 1390. The number of sulfone groups is 1. The molecular formula is C30H34O7S. The first-order valence-electron chi connectivity index (χ1n) is 12.7. The van der Waals surface area contributed by atoms with E-state index in [4.69, 9.17) is 19.3 Å². The van der Waals surface area contributed by atoms with Crippen molar-refractivity contribution in [3.63, 3.8) is 0 Å². The van der Waals surface area contributed by atoms with Crippen molar-refractivity contribution in [3.05, 3.63) is 77.4 Å². The van der Waals surface area contributed by atoms with Gasteiger partial charge in [-0.15, -0.1) is 0 Å². The first kappa shape index (κ1) is 27.5. The molecule has 0 aliphatic carbocycles. The van der Waals surface area contributed by atoms with Crippen molar-refractivity contribution in [3.8, 4) is 28.4 Å². The minimum atomic E-state index is -3.01. The van der Waals surface area contributed by atoms with Crippen LogP contribution in [0.25, 0.3) is 11.1 Å². The number of carbonyl (C=O) groups is 1. The molecule has 0 amide bonds. The van der Waals surface area contributed by atoms with Crippen molar-refractivity contribution in [1.29, 1.82) is 0 Å². The Balaban J connectivity index is 1.49. The molecule has 38 heavy (non-hydrogen) atoms. The van der Waals surface area contributed by atoms with Crippen molar-refractivity contribution in [2.45, 2.75) is 51.7 Å². The van der Waals surface area contributed by atoms with Gasteiger partial charge >= 0.3 is 5.97 Å². The van der Waals surface area contributed by atoms with E-state index in [1.165, 1.54) is 6.26 Å². The fourth-order valence-corrected chi connectivity index (χ4v) is 5.15. The second-order valence-corrected chi connectivity index (χ2v) is 12.6. The van der Waals surface area contributed by atoms with Crippen LogP contribution in [0.4, 0.5) is 0 Å². The van der Waals surface area contributed by atoms with E-state index in [1.807, 2.05) is 54.6 Å². The van der Waals surface area contributed by atoms with Crippen LogP contribution in [-0.2, 0) is 34.1 Å². The molecule has 3 aromatic carbocycles. The van der Waals surface area contributed by atoms with Crippen LogP contribution < -0.4 is 14.2 Å². The molecule has 8 heteroatoms. The highest BCUT2D eigenvalue weighted by atomic mass is 32.2. The topological polar surface area (TPSA) is 99.1 Å². The van der Waals surface area contributed by atoms with E-state index < -0.39 is 21.4 Å². The van der Waals surface area contributed by atoms with Crippen LogP contribution in [0.2, 0.25) is 0 Å². The molecule has 0 radical (unpaired) electrons. The first-order chi connectivity index (χ1) is 18.0. The zero-order chi connectivity index (χ0) is 27.3. The van der Waals surface area contributed by atoms with Crippen molar-refractivity contribution >= 4 is 15.8 Å². The lowest BCUT2D eigenvalue weighted by Crippen LogP contribution is -2.30. The molecule has 0 saturated heterocycles. The highest BCUT2D eigenvalue weighted by Gasteiger charge is 2.28. The third kappa shape index (κ3) is 7.74. The van der Waals surface area contributed by atoms with Gasteiger partial charge < -0.3 is 19.3 Å². The van der Waals surface area contributed by atoms with Crippen LogP contribution in [0.15, 0.2) is 60.7 Å². The van der Waals surface area contributed by atoms with Gasteiger partial charge in [-0.1, -0.05) is 24.3 Å². The number of benzene rings is 3. The average molecular weight is 539 g/mol. The molecule has 3 aromatic rings. The molecule has 4 rings (SSSR count). The predicted molar refractivity (Wildman–Crippen MR) is 147 cm³/mol. The predicted octanol–water partition coefficient (Wildman–Crippen LogP) is 5.48. The van der Waals surface area contributed by atoms with E-state index in [1.54, 1.807) is 0 Å². The normalized spacial score (nSPS) is 14.0. The maximum atomic E-state index is 11.4. The molecule has 0 atom stereocenters. The molecule has 0 unspecified atom stereocenters. The lowest BCUT2D eigenvalue weighted by Gasteiger charge is -2.25. The molecule has 7 nitrogen and oxygen atoms in total. The smallest absolute Gasteiger partial charge is 0.303 e. The number of aliphatic carboxylic acids is 1. The number of hydrogen-bond donors (Lipinski definition) is 1. The van der Waals surface area contributed by atoms with E-state index >= 15 is 0 Å². The number of rotatable bonds is 11. The lowest BCUT2D eigenvalue weighted by atomic mass is 9.92. The molecule has 1 heterocycles. The summed E-state index contributed by atoms with van der Waals surface area (Å²) in [5, 5.41) is 8.85. The standard InChI is InChI=1S/C30H34O7S/c1-30(2)19-23-18-25(35-15-4-16-38(3,33)34)11-12-26(23)27-17-22(7-13-28(27)37-30)20-36-24-9-5-21(6-10-24)8-14-29(31)32/h5-7,9-13,17-18H,4,8,14-16,19-20H2,1-3H3,(H,31,32). The van der Waals surface area contributed by atoms with Gasteiger partial charge in [0.1, 0.15) is 39.3 Å². The Labute approximate surface area is 224 Å². The molecular weight excluding hydrogens is 504 g/mol. The fraction of sp³-hybridized carbons (Fsp3) is 0.367. The maximum Gasteiger partial charge on any atom is 0.303 e. The molecule has 1 aliphatic rings. The highest BCUT2D eigenvalue weighted by molar-refractivity contribution is 7.90. The van der Waals surface area contributed by atoms with Gasteiger partial charge in [-0.25, -0.2) is 8.42 Å². The fourth-order valence-electron chi connectivity index (χ4n) is 4.51. The summed E-state index contributed by atoms with van der Waals surface area (Å²) in [5.74, 6) is 1.53. The summed E-state index contributed by atoms with van der Waals surface area (Å²) in [6, 6.07) is 19.5. The number of carboxylic acid groups (broad SMARTS) is 1. The van der Waals surface area contributed by atoms with Gasteiger partial charge in [0.15, 0.2) is 0 Å². The van der Waals surface area contributed by atoms with Crippen LogP contribution in [0.1, 0.15) is 43.4 Å². The van der Waals surface area contributed by atoms with Gasteiger partial charge in [-0.2, -0.15) is 0 Å². The summed E-state index contributed by atoms with van der Waals surface area (Å²) in [4.78, 5) is 10.8. The summed E-state index contributed by atoms with van der Waals surface area (Å²) in [7, 11) is -3.01. The average Bonchev–Trinajstić information content (AvgIpc) is 2.95. The molecule has 1 aliphatic heterocycles. The highest BCUT2D eigenvalue weighted by Crippen LogP contribution is 2.41. The zero-order valence-electron chi connectivity index (χ0n) is 22.0. The largest absolute Gasteiger partial charge is 0.494 e. The van der Waals surface area contributed by atoms with E-state index in [-0.39, 0.29) is 12.2 Å². The van der Waals surface area contributed by atoms with Gasteiger partial charge in [0.25, 0.3) is 0 Å². The third-order valence-corrected chi connectivity index (χ3v) is 7.33. The molecule has 0 fully saturated rings. The SMILES string of the molecule is CC1(C)Cc2cc(OCCCS(C)(=O)=O)ccc2-c2cc(COc3ccc(CCC(=O)O)cc3)ccc2O1. The summed E-state index contributed by atoms with van der Waals surface area (Å²) >= 11 is 0. The van der Waals surface area contributed by atoms with Crippen molar-refractivity contribution in [2.75, 3.05) is 18.6 Å². The minimum absolute atomic E-state index is 0.103. The van der Waals surface area contributed by atoms with E-state index in [0.29, 0.717) is 38.2 Å². The van der Waals surface area contributed by atoms with Crippen LogP contribution in [-0.4, -0.2) is 43.7 Å². The van der Waals surface area contributed by atoms with Crippen LogP contribution in [0, 0.1) is 0 Å². The Morgan fingerprint density at radius 1 is 0.947 bits per heavy atom. The Kier molecular flexibility index (Phi) is 8.31. The Hall–Kier alpha value is -3.52. The molecule has 0 spiro atoms. The Morgan fingerprint density at radius 2 is 1.66 bits per heavy atom. The van der Waals surface area contributed by atoms with E-state index in [9.17, 15) is 13.2 Å². The van der Waals surface area contributed by atoms with Gasteiger partial charge in [0, 0.05) is 24.7 Å². The summed E-state index contributed by atoms with van der Waals surface area (Å²) in [5.41, 5.74) is 4.69. The number of hydrogen-bond acceptors (Lipinski definition) is 6. The molecule has 1 N–H and O–H groups in total. The third-order valence-electron chi connectivity index (χ3n) is 6.30.